The number of carbonyl (C=O) groups excluding carboxylic acids is 2. The molecule has 0 aliphatic carbocycles. The Bertz CT molecular complexity index is 442. The van der Waals surface area contributed by atoms with Gasteiger partial charge in [0.05, 0.1) is 6.61 Å². The summed E-state index contributed by atoms with van der Waals surface area (Å²) in [5, 5.41) is 17.7. The predicted molar refractivity (Wildman–Crippen MR) is 108 cm³/mol. The normalized spacial score (nSPS) is 14.3. The van der Waals surface area contributed by atoms with Crippen molar-refractivity contribution in [2.75, 3.05) is 13.2 Å². The standard InChI is InChI=1S/C22H40O5/c1-17(2)8-5-9-18(3)10-6-11-19(4)12-7-13-20(24)14-22(26)27-16-21(25)15-23/h12,17-18,21,23,25H,5-11,13-16H2,1-4H3/b19-12-. The van der Waals surface area contributed by atoms with E-state index >= 15 is 0 Å². The topological polar surface area (TPSA) is 83.8 Å². The number of esters is 1. The summed E-state index contributed by atoms with van der Waals surface area (Å²) >= 11 is 0. The van der Waals surface area contributed by atoms with Crippen molar-refractivity contribution in [2.24, 2.45) is 11.8 Å². The summed E-state index contributed by atoms with van der Waals surface area (Å²) in [5.41, 5.74) is 1.30. The minimum Gasteiger partial charge on any atom is -0.463 e. The lowest BCUT2D eigenvalue weighted by atomic mass is 9.94. The average Bonchev–Trinajstić information content (AvgIpc) is 2.59. The van der Waals surface area contributed by atoms with Crippen LogP contribution in [0.3, 0.4) is 0 Å². The second kappa shape index (κ2) is 15.8. The zero-order valence-corrected chi connectivity index (χ0v) is 17.7. The van der Waals surface area contributed by atoms with E-state index in [0.717, 1.165) is 18.3 Å². The molecule has 0 aromatic heterocycles. The van der Waals surface area contributed by atoms with E-state index in [1.807, 2.05) is 0 Å². The first-order chi connectivity index (χ1) is 12.7. The second-order valence-electron chi connectivity index (χ2n) is 8.15. The van der Waals surface area contributed by atoms with Gasteiger partial charge in [-0.05, 0) is 38.0 Å². The molecule has 0 spiro atoms. The Kier molecular flexibility index (Phi) is 15.1. The smallest absolute Gasteiger partial charge is 0.313 e. The Morgan fingerprint density at radius 1 is 1.04 bits per heavy atom. The Morgan fingerprint density at radius 2 is 1.70 bits per heavy atom. The highest BCUT2D eigenvalue weighted by molar-refractivity contribution is 5.95. The fourth-order valence-electron chi connectivity index (χ4n) is 2.87. The van der Waals surface area contributed by atoms with E-state index in [2.05, 4.69) is 33.8 Å². The van der Waals surface area contributed by atoms with Crippen LogP contribution in [-0.4, -0.2) is 41.3 Å². The third kappa shape index (κ3) is 16.7. The van der Waals surface area contributed by atoms with Crippen LogP contribution in [0, 0.1) is 11.8 Å². The van der Waals surface area contributed by atoms with Crippen LogP contribution >= 0.6 is 0 Å². The van der Waals surface area contributed by atoms with Gasteiger partial charge in [-0.1, -0.05) is 58.1 Å². The average molecular weight is 385 g/mol. The van der Waals surface area contributed by atoms with Crippen molar-refractivity contribution in [3.8, 4) is 0 Å². The molecule has 0 aromatic rings. The van der Waals surface area contributed by atoms with Crippen LogP contribution in [-0.2, 0) is 14.3 Å². The molecule has 0 aliphatic heterocycles. The Labute approximate surface area is 165 Å². The number of ketones is 1. The fraction of sp³-hybridized carbons (Fsp3) is 0.818. The number of hydrogen-bond donors (Lipinski definition) is 2. The van der Waals surface area contributed by atoms with Crippen molar-refractivity contribution in [3.63, 3.8) is 0 Å². The predicted octanol–water partition coefficient (Wildman–Crippen LogP) is 4.20. The van der Waals surface area contributed by atoms with Crippen LogP contribution in [0.25, 0.3) is 0 Å². The number of hydrogen-bond acceptors (Lipinski definition) is 5. The minimum atomic E-state index is -1.09. The minimum absolute atomic E-state index is 0.165. The van der Waals surface area contributed by atoms with Gasteiger partial charge in [-0.3, -0.25) is 9.59 Å². The molecule has 0 rings (SSSR count). The van der Waals surface area contributed by atoms with E-state index in [4.69, 9.17) is 14.9 Å². The maximum Gasteiger partial charge on any atom is 0.313 e. The van der Waals surface area contributed by atoms with Crippen molar-refractivity contribution in [2.45, 2.75) is 91.6 Å². The molecular formula is C22H40O5. The lowest BCUT2D eigenvalue weighted by Gasteiger charge is -2.12. The van der Waals surface area contributed by atoms with Crippen molar-refractivity contribution in [3.05, 3.63) is 11.6 Å². The molecule has 0 bridgehead atoms. The van der Waals surface area contributed by atoms with E-state index < -0.39 is 18.7 Å². The molecule has 27 heavy (non-hydrogen) atoms. The molecule has 5 heteroatoms. The molecule has 158 valence electrons. The highest BCUT2D eigenvalue weighted by atomic mass is 16.5. The fourth-order valence-corrected chi connectivity index (χ4v) is 2.87. The van der Waals surface area contributed by atoms with Gasteiger partial charge in [0, 0.05) is 6.42 Å². The lowest BCUT2D eigenvalue weighted by Crippen LogP contribution is -2.23. The van der Waals surface area contributed by atoms with E-state index in [9.17, 15) is 9.59 Å². The summed E-state index contributed by atoms with van der Waals surface area (Å²) in [5.74, 6) is 0.744. The van der Waals surface area contributed by atoms with Crippen molar-refractivity contribution in [1.82, 2.24) is 0 Å². The molecule has 2 atom stereocenters. The van der Waals surface area contributed by atoms with Gasteiger partial charge in [-0.2, -0.15) is 0 Å². The highest BCUT2D eigenvalue weighted by Gasteiger charge is 2.12. The van der Waals surface area contributed by atoms with Crippen LogP contribution in [0.5, 0.6) is 0 Å². The van der Waals surface area contributed by atoms with Gasteiger partial charge in [0.2, 0.25) is 0 Å². The van der Waals surface area contributed by atoms with Gasteiger partial charge < -0.3 is 14.9 Å². The third-order valence-electron chi connectivity index (χ3n) is 4.65. The molecule has 0 heterocycles. The van der Waals surface area contributed by atoms with Gasteiger partial charge in [0.25, 0.3) is 0 Å². The summed E-state index contributed by atoms with van der Waals surface area (Å²) < 4.78 is 4.72. The maximum atomic E-state index is 11.8. The molecule has 0 aliphatic rings. The SMILES string of the molecule is C/C(=C/CCC(=O)CC(=O)OCC(O)CO)CCCC(C)CCCC(C)C. The number of Topliss-reactive ketones (excluding diaryl/α,β-unsaturated/α-hetero) is 1. The first kappa shape index (κ1) is 25.8. The monoisotopic (exact) mass is 384 g/mol. The van der Waals surface area contributed by atoms with Gasteiger partial charge >= 0.3 is 5.97 Å². The van der Waals surface area contributed by atoms with E-state index in [-0.39, 0.29) is 18.8 Å². The van der Waals surface area contributed by atoms with Gasteiger partial charge in [0.15, 0.2) is 0 Å². The summed E-state index contributed by atoms with van der Waals surface area (Å²) in [6.45, 7) is 8.22. The lowest BCUT2D eigenvalue weighted by molar-refractivity contribution is -0.149. The summed E-state index contributed by atoms with van der Waals surface area (Å²) in [6.07, 6.45) is 9.09. The molecule has 2 N–H and O–H groups in total. The zero-order valence-electron chi connectivity index (χ0n) is 17.7. The molecule has 5 nitrogen and oxygen atoms in total. The molecule has 0 saturated carbocycles. The quantitative estimate of drug-likeness (QED) is 0.237. The number of ether oxygens (including phenoxy) is 1. The van der Waals surface area contributed by atoms with Crippen molar-refractivity contribution in [1.29, 1.82) is 0 Å². The van der Waals surface area contributed by atoms with Crippen molar-refractivity contribution >= 4 is 11.8 Å². The van der Waals surface area contributed by atoms with Crippen LogP contribution in [0.2, 0.25) is 0 Å². The van der Waals surface area contributed by atoms with Gasteiger partial charge in [0.1, 0.15) is 24.9 Å². The van der Waals surface area contributed by atoms with Crippen LogP contribution < -0.4 is 0 Å². The number of aliphatic hydroxyl groups excluding tert-OH is 2. The van der Waals surface area contributed by atoms with Crippen molar-refractivity contribution < 1.29 is 24.5 Å². The maximum absolute atomic E-state index is 11.8. The number of carbonyl (C=O) groups is 2. The number of aliphatic hydroxyl groups is 2. The zero-order chi connectivity index (χ0) is 20.7. The second-order valence-corrected chi connectivity index (χ2v) is 8.15. The first-order valence-corrected chi connectivity index (χ1v) is 10.4. The highest BCUT2D eigenvalue weighted by Crippen LogP contribution is 2.19. The Balaban J connectivity index is 3.82. The molecule has 0 amide bonds. The van der Waals surface area contributed by atoms with E-state index in [0.29, 0.717) is 12.8 Å². The van der Waals surface area contributed by atoms with Crippen LogP contribution in [0.4, 0.5) is 0 Å². The Morgan fingerprint density at radius 3 is 2.33 bits per heavy atom. The molecule has 0 radical (unpaired) electrons. The number of allylic oxidation sites excluding steroid dienone is 2. The molecule has 0 aromatic carbocycles. The van der Waals surface area contributed by atoms with E-state index in [1.165, 1.54) is 37.7 Å². The van der Waals surface area contributed by atoms with Crippen LogP contribution in [0.1, 0.15) is 85.5 Å². The Hall–Kier alpha value is -1.20. The molecule has 0 fully saturated rings. The third-order valence-corrected chi connectivity index (χ3v) is 4.65. The largest absolute Gasteiger partial charge is 0.463 e. The molecular weight excluding hydrogens is 344 g/mol. The number of rotatable bonds is 16. The van der Waals surface area contributed by atoms with Gasteiger partial charge in [-0.15, -0.1) is 0 Å². The molecule has 2 unspecified atom stereocenters. The first-order valence-electron chi connectivity index (χ1n) is 10.4. The molecule has 0 saturated heterocycles. The van der Waals surface area contributed by atoms with Gasteiger partial charge in [-0.25, -0.2) is 0 Å². The summed E-state index contributed by atoms with van der Waals surface area (Å²) in [7, 11) is 0. The summed E-state index contributed by atoms with van der Waals surface area (Å²) in [4.78, 5) is 23.2. The van der Waals surface area contributed by atoms with E-state index in [1.54, 1.807) is 0 Å². The summed E-state index contributed by atoms with van der Waals surface area (Å²) in [6, 6.07) is 0. The van der Waals surface area contributed by atoms with Crippen LogP contribution in [0.15, 0.2) is 11.6 Å².